The highest BCUT2D eigenvalue weighted by Gasteiger charge is 2.28. The summed E-state index contributed by atoms with van der Waals surface area (Å²) in [6, 6.07) is 0. The fourth-order valence-corrected chi connectivity index (χ4v) is 2.45. The van der Waals surface area contributed by atoms with E-state index in [1.807, 2.05) is 0 Å². The number of hydrogen-bond acceptors (Lipinski definition) is 4. The van der Waals surface area contributed by atoms with Crippen LogP contribution < -0.4 is 5.32 Å². The highest BCUT2D eigenvalue weighted by molar-refractivity contribution is 6.35. The monoisotopic (exact) mass is 272 g/mol. The highest BCUT2D eigenvalue weighted by Crippen LogP contribution is 2.20. The number of carbonyl (C=O) groups excluding carboxylic acids is 2. The predicted molar refractivity (Wildman–Crippen MR) is 70.4 cm³/mol. The predicted octanol–water partition coefficient (Wildman–Crippen LogP) is -0.384. The number of nitrogens with zero attached hydrogens (tertiary/aromatic N) is 1. The number of ether oxygens (including phenoxy) is 1. The number of carbonyl (C=O) groups is 2. The molecule has 0 aromatic carbocycles. The topological polar surface area (TPSA) is 78.9 Å². The molecule has 2 N–H and O–H groups in total. The van der Waals surface area contributed by atoms with Gasteiger partial charge in [-0.1, -0.05) is 13.8 Å². The van der Waals surface area contributed by atoms with Gasteiger partial charge in [0.15, 0.2) is 0 Å². The van der Waals surface area contributed by atoms with Crippen molar-refractivity contribution in [1.29, 1.82) is 0 Å². The van der Waals surface area contributed by atoms with Crippen molar-refractivity contribution in [3.8, 4) is 0 Å². The molecule has 1 aliphatic rings. The van der Waals surface area contributed by atoms with Gasteiger partial charge in [-0.05, 0) is 18.3 Å². The molecule has 0 saturated carbocycles. The summed E-state index contributed by atoms with van der Waals surface area (Å²) in [5.41, 5.74) is 0. The lowest BCUT2D eigenvalue weighted by Crippen LogP contribution is -2.49. The third-order valence-electron chi connectivity index (χ3n) is 3.12. The lowest BCUT2D eigenvalue weighted by molar-refractivity contribution is -0.147. The second-order valence-corrected chi connectivity index (χ2v) is 5.25. The normalized spacial score (nSPS) is 23.2. The van der Waals surface area contributed by atoms with E-state index in [9.17, 15) is 9.59 Å². The average Bonchev–Trinajstić information content (AvgIpc) is 2.36. The molecule has 6 heteroatoms. The molecule has 2 unspecified atom stereocenters. The molecule has 0 bridgehead atoms. The van der Waals surface area contributed by atoms with Gasteiger partial charge in [0.1, 0.15) is 0 Å². The Bertz CT molecular complexity index is 299. The molecule has 0 aromatic rings. The maximum Gasteiger partial charge on any atom is 0.311 e. The summed E-state index contributed by atoms with van der Waals surface area (Å²) in [4.78, 5) is 25.3. The number of rotatable bonds is 5. The second kappa shape index (κ2) is 8.12. The first-order valence-corrected chi connectivity index (χ1v) is 6.80. The molecular weight excluding hydrogens is 248 g/mol. The Morgan fingerprint density at radius 1 is 1.26 bits per heavy atom. The van der Waals surface area contributed by atoms with E-state index in [2.05, 4.69) is 19.2 Å². The SMILES string of the molecule is CC1CC(C)CN(C(=O)C(=O)NCCOCCO)C1. The molecule has 1 fully saturated rings. The van der Waals surface area contributed by atoms with E-state index in [4.69, 9.17) is 9.84 Å². The number of aliphatic hydroxyl groups excluding tert-OH is 1. The maximum absolute atomic E-state index is 11.9. The molecule has 19 heavy (non-hydrogen) atoms. The average molecular weight is 272 g/mol. The minimum atomic E-state index is -0.575. The molecule has 1 aliphatic heterocycles. The molecule has 2 atom stereocenters. The Kier molecular flexibility index (Phi) is 6.80. The van der Waals surface area contributed by atoms with Crippen molar-refractivity contribution >= 4 is 11.8 Å². The van der Waals surface area contributed by atoms with E-state index in [-0.39, 0.29) is 19.8 Å². The summed E-state index contributed by atoms with van der Waals surface area (Å²) in [7, 11) is 0. The molecule has 1 heterocycles. The smallest absolute Gasteiger partial charge is 0.311 e. The third kappa shape index (κ3) is 5.57. The van der Waals surface area contributed by atoms with Crippen LogP contribution in [0, 0.1) is 11.8 Å². The van der Waals surface area contributed by atoms with E-state index in [0.29, 0.717) is 31.5 Å². The number of likely N-dealkylation sites (tertiary alicyclic amines) is 1. The van der Waals surface area contributed by atoms with Crippen LogP contribution in [0.25, 0.3) is 0 Å². The molecule has 0 aliphatic carbocycles. The van der Waals surface area contributed by atoms with Gasteiger partial charge < -0.3 is 20.1 Å². The summed E-state index contributed by atoms with van der Waals surface area (Å²) in [6.45, 7) is 6.26. The Labute approximate surface area is 114 Å². The molecule has 6 nitrogen and oxygen atoms in total. The van der Waals surface area contributed by atoms with Crippen molar-refractivity contribution < 1.29 is 19.4 Å². The van der Waals surface area contributed by atoms with Gasteiger partial charge in [0.05, 0.1) is 19.8 Å². The zero-order valence-corrected chi connectivity index (χ0v) is 11.7. The largest absolute Gasteiger partial charge is 0.394 e. The second-order valence-electron chi connectivity index (χ2n) is 5.25. The first kappa shape index (κ1) is 15.9. The number of hydrogen-bond donors (Lipinski definition) is 2. The van der Waals surface area contributed by atoms with Crippen LogP contribution >= 0.6 is 0 Å². The minimum absolute atomic E-state index is 0.0452. The van der Waals surface area contributed by atoms with Gasteiger partial charge in [-0.25, -0.2) is 0 Å². The number of piperidine rings is 1. The number of aliphatic hydroxyl groups is 1. The molecule has 0 spiro atoms. The maximum atomic E-state index is 11.9. The summed E-state index contributed by atoms with van der Waals surface area (Å²) >= 11 is 0. The van der Waals surface area contributed by atoms with E-state index >= 15 is 0 Å². The lowest BCUT2D eigenvalue weighted by Gasteiger charge is -2.34. The van der Waals surface area contributed by atoms with E-state index in [1.54, 1.807) is 4.90 Å². The molecule has 0 aromatic heterocycles. The van der Waals surface area contributed by atoms with Crippen LogP contribution in [0.5, 0.6) is 0 Å². The fraction of sp³-hybridized carbons (Fsp3) is 0.846. The highest BCUT2D eigenvalue weighted by atomic mass is 16.5. The van der Waals surface area contributed by atoms with Crippen molar-refractivity contribution in [3.63, 3.8) is 0 Å². The van der Waals surface area contributed by atoms with Gasteiger partial charge in [0, 0.05) is 19.6 Å². The van der Waals surface area contributed by atoms with Crippen molar-refractivity contribution in [2.24, 2.45) is 11.8 Å². The standard InChI is InChI=1S/C13H24N2O4/c1-10-7-11(2)9-15(8-10)13(18)12(17)14-3-5-19-6-4-16/h10-11,16H,3-9H2,1-2H3,(H,14,17). The van der Waals surface area contributed by atoms with Crippen LogP contribution in [-0.2, 0) is 14.3 Å². The first-order valence-electron chi connectivity index (χ1n) is 6.80. The van der Waals surface area contributed by atoms with Crippen molar-refractivity contribution in [1.82, 2.24) is 10.2 Å². The van der Waals surface area contributed by atoms with Gasteiger partial charge in [-0.2, -0.15) is 0 Å². The first-order chi connectivity index (χ1) is 9.04. The van der Waals surface area contributed by atoms with E-state index in [1.165, 1.54) is 0 Å². The summed E-state index contributed by atoms with van der Waals surface area (Å²) < 4.78 is 5.00. The summed E-state index contributed by atoms with van der Waals surface area (Å²) in [6.07, 6.45) is 1.10. The Morgan fingerprint density at radius 2 is 1.89 bits per heavy atom. The number of amides is 2. The molecule has 1 saturated heterocycles. The zero-order valence-electron chi connectivity index (χ0n) is 11.7. The van der Waals surface area contributed by atoms with Crippen LogP contribution in [0.15, 0.2) is 0 Å². The molecule has 1 rings (SSSR count). The van der Waals surface area contributed by atoms with E-state index < -0.39 is 11.8 Å². The van der Waals surface area contributed by atoms with Crippen LogP contribution in [-0.4, -0.2) is 61.3 Å². The summed E-state index contributed by atoms with van der Waals surface area (Å²) in [5.74, 6) is -0.156. The lowest BCUT2D eigenvalue weighted by atomic mass is 9.92. The van der Waals surface area contributed by atoms with Crippen LogP contribution in [0.3, 0.4) is 0 Å². The van der Waals surface area contributed by atoms with Gasteiger partial charge in [0.25, 0.3) is 0 Å². The molecule has 110 valence electrons. The molecular formula is C13H24N2O4. The van der Waals surface area contributed by atoms with Crippen LogP contribution in [0.2, 0.25) is 0 Å². The van der Waals surface area contributed by atoms with Crippen LogP contribution in [0.4, 0.5) is 0 Å². The van der Waals surface area contributed by atoms with Gasteiger partial charge in [-0.15, -0.1) is 0 Å². The minimum Gasteiger partial charge on any atom is -0.394 e. The van der Waals surface area contributed by atoms with Crippen LogP contribution in [0.1, 0.15) is 20.3 Å². The zero-order chi connectivity index (χ0) is 14.3. The van der Waals surface area contributed by atoms with Gasteiger partial charge >= 0.3 is 11.8 Å². The Balaban J connectivity index is 2.29. The summed E-state index contributed by atoms with van der Waals surface area (Å²) in [5, 5.41) is 11.0. The van der Waals surface area contributed by atoms with Crippen molar-refractivity contribution in [3.05, 3.63) is 0 Å². The fourth-order valence-electron chi connectivity index (χ4n) is 2.45. The third-order valence-corrected chi connectivity index (χ3v) is 3.12. The van der Waals surface area contributed by atoms with Gasteiger partial charge in [0.2, 0.25) is 0 Å². The number of nitrogens with one attached hydrogen (secondary N) is 1. The quantitative estimate of drug-likeness (QED) is 0.528. The molecule has 0 radical (unpaired) electrons. The van der Waals surface area contributed by atoms with Crippen molar-refractivity contribution in [2.75, 3.05) is 39.5 Å². The van der Waals surface area contributed by atoms with E-state index in [0.717, 1.165) is 6.42 Å². The van der Waals surface area contributed by atoms with Gasteiger partial charge in [-0.3, -0.25) is 9.59 Å². The van der Waals surface area contributed by atoms with Crippen molar-refractivity contribution in [2.45, 2.75) is 20.3 Å². The Morgan fingerprint density at radius 3 is 2.47 bits per heavy atom. The Hall–Kier alpha value is -1.14. The molecule has 2 amide bonds.